The van der Waals surface area contributed by atoms with Gasteiger partial charge in [0.25, 0.3) is 11.5 Å². The second-order valence-electron chi connectivity index (χ2n) is 18.9. The Morgan fingerprint density at radius 3 is 2.28 bits per heavy atom. The molecule has 2 amide bonds. The average Bonchev–Trinajstić information content (AvgIpc) is 3.95. The van der Waals surface area contributed by atoms with Gasteiger partial charge in [0.15, 0.2) is 17.8 Å². The molecule has 8 rings (SSSR count). The first-order chi connectivity index (χ1) is 37.2. The number of nitrogens with two attached hydrogens (primary N) is 1. The number of fused-ring (bicyclic) bond motifs is 5. The molecule has 5 N–H and O–H groups in total. The summed E-state index contributed by atoms with van der Waals surface area (Å²) in [6.07, 6.45) is -8.10. The molecule has 4 aliphatic rings. The third kappa shape index (κ3) is 11.8. The van der Waals surface area contributed by atoms with Gasteiger partial charge in [0.1, 0.15) is 37.5 Å². The standard InChI is InChI=1S/C53H60FN5O19/c1-7-53(68)35-19-39-44-33(21-59(39)49(65)34(35)23-72-51(53)66)43-37(10-9-31-25(2)36(54)20-38(57-44)42(31)43)58-52(67)73-22-30-8-11-40(32(18-30)48(64)56-13-15-70-17-16-69-14-12-55)77-50-47(76-29(6)63)46(75-28(5)62)45(74-27(4)61)41(78-50)24-71-26(3)60/h8,11,18-20,37,41,45-47,50,68H,7,9-10,12-17,21-24,55H2,1-6H3,(H,56,64)(H,58,67)/t37-,41+,45+,46-,47+,50+,53-/m0/s1. The number of alkyl carbamates (subject to hydrolysis) is 1. The number of hydrogen-bond donors (Lipinski definition) is 4. The van der Waals surface area contributed by atoms with Gasteiger partial charge in [-0.15, -0.1) is 0 Å². The van der Waals surface area contributed by atoms with Crippen molar-refractivity contribution in [3.05, 3.63) is 91.0 Å². The Hall–Kier alpha value is -7.58. The van der Waals surface area contributed by atoms with Crippen LogP contribution in [0.3, 0.4) is 0 Å². The molecular formula is C53H60FN5O19. The van der Waals surface area contributed by atoms with Crippen LogP contribution in [0.1, 0.15) is 103 Å². The van der Waals surface area contributed by atoms with Gasteiger partial charge in [-0.3, -0.25) is 28.8 Å². The van der Waals surface area contributed by atoms with E-state index in [9.17, 15) is 43.5 Å². The smallest absolute Gasteiger partial charge is 0.407 e. The van der Waals surface area contributed by atoms with Gasteiger partial charge in [-0.1, -0.05) is 13.0 Å². The summed E-state index contributed by atoms with van der Waals surface area (Å²) in [5, 5.41) is 17.7. The van der Waals surface area contributed by atoms with E-state index in [0.29, 0.717) is 58.6 Å². The fourth-order valence-corrected chi connectivity index (χ4v) is 10.1. The Morgan fingerprint density at radius 1 is 0.885 bits per heavy atom. The quantitative estimate of drug-likeness (QED) is 0.0494. The van der Waals surface area contributed by atoms with Crippen molar-refractivity contribution >= 4 is 52.7 Å². The van der Waals surface area contributed by atoms with E-state index in [1.54, 1.807) is 19.9 Å². The normalized spacial score (nSPS) is 21.7. The zero-order valence-corrected chi connectivity index (χ0v) is 43.7. The first-order valence-electron chi connectivity index (χ1n) is 25.2. The van der Waals surface area contributed by atoms with Crippen LogP contribution < -0.4 is 26.7 Å². The maximum Gasteiger partial charge on any atom is 0.407 e. The summed E-state index contributed by atoms with van der Waals surface area (Å²) in [4.78, 5) is 109. The zero-order valence-electron chi connectivity index (χ0n) is 43.7. The van der Waals surface area contributed by atoms with Crippen molar-refractivity contribution in [2.75, 3.05) is 46.1 Å². The van der Waals surface area contributed by atoms with Crippen molar-refractivity contribution < 1.29 is 90.4 Å². The van der Waals surface area contributed by atoms with Gasteiger partial charge >= 0.3 is 35.9 Å². The van der Waals surface area contributed by atoms with E-state index in [-0.39, 0.29) is 85.9 Å². The Labute approximate surface area is 445 Å². The van der Waals surface area contributed by atoms with Crippen LogP contribution in [0.25, 0.3) is 22.3 Å². The molecule has 1 aliphatic carbocycles. The molecule has 418 valence electrons. The van der Waals surface area contributed by atoms with E-state index in [0.717, 1.165) is 27.7 Å². The topological polar surface area (TPSA) is 317 Å². The average molecular weight is 1090 g/mol. The van der Waals surface area contributed by atoms with Gasteiger partial charge in [0, 0.05) is 63.4 Å². The molecule has 25 heteroatoms. The first kappa shape index (κ1) is 56.6. The number of hydrogen-bond acceptors (Lipinski definition) is 21. The van der Waals surface area contributed by atoms with E-state index < -0.39 is 109 Å². The van der Waals surface area contributed by atoms with Crippen LogP contribution in [0, 0.1) is 12.7 Å². The molecule has 0 spiro atoms. The summed E-state index contributed by atoms with van der Waals surface area (Å²) in [6, 6.07) is 6.27. The summed E-state index contributed by atoms with van der Waals surface area (Å²) in [5.74, 6) is -5.61. The fraction of sp³-hybridized carbons (Fsp3) is 0.491. The van der Waals surface area contributed by atoms with Gasteiger partial charge in [-0.2, -0.15) is 0 Å². The van der Waals surface area contributed by atoms with Gasteiger partial charge in [0.05, 0.1) is 67.0 Å². The Morgan fingerprint density at radius 2 is 1.59 bits per heavy atom. The third-order valence-corrected chi connectivity index (χ3v) is 13.7. The number of halogens is 1. The third-order valence-electron chi connectivity index (χ3n) is 13.7. The molecule has 3 aliphatic heterocycles. The monoisotopic (exact) mass is 1090 g/mol. The lowest BCUT2D eigenvalue weighted by Crippen LogP contribution is -2.63. The maximum absolute atomic E-state index is 15.6. The number of aromatic nitrogens is 2. The molecule has 1 fully saturated rings. The Kier molecular flexibility index (Phi) is 17.4. The van der Waals surface area contributed by atoms with Crippen molar-refractivity contribution in [3.8, 4) is 17.1 Å². The fourth-order valence-electron chi connectivity index (χ4n) is 10.1. The van der Waals surface area contributed by atoms with Crippen LogP contribution in [0.15, 0.2) is 35.1 Å². The maximum atomic E-state index is 15.6. The van der Waals surface area contributed by atoms with Gasteiger partial charge in [-0.05, 0) is 66.6 Å². The second-order valence-corrected chi connectivity index (χ2v) is 18.9. The molecule has 0 bridgehead atoms. The molecule has 5 heterocycles. The zero-order chi connectivity index (χ0) is 56.2. The summed E-state index contributed by atoms with van der Waals surface area (Å²) < 4.78 is 73.1. The van der Waals surface area contributed by atoms with E-state index in [1.165, 1.54) is 28.8 Å². The number of esters is 5. The highest BCUT2D eigenvalue weighted by Crippen LogP contribution is 2.46. The number of ether oxygens (including phenoxy) is 10. The minimum atomic E-state index is -2.09. The number of aryl methyl sites for hydroxylation is 1. The molecule has 78 heavy (non-hydrogen) atoms. The van der Waals surface area contributed by atoms with Crippen LogP contribution >= 0.6 is 0 Å². The molecule has 2 aromatic carbocycles. The number of carbonyl (C=O) groups excluding carboxylic acids is 7. The summed E-state index contributed by atoms with van der Waals surface area (Å²) in [5.41, 5.74) is 6.34. The van der Waals surface area contributed by atoms with E-state index in [4.69, 9.17) is 58.1 Å². The largest absolute Gasteiger partial charge is 0.463 e. The Balaban J connectivity index is 1.08. The van der Waals surface area contributed by atoms with Crippen molar-refractivity contribution in [2.24, 2.45) is 5.73 Å². The molecule has 4 aromatic rings. The van der Waals surface area contributed by atoms with Crippen LogP contribution in [0.2, 0.25) is 0 Å². The molecule has 7 atom stereocenters. The number of amides is 2. The van der Waals surface area contributed by atoms with Crippen LogP contribution in [-0.2, 0) is 98.4 Å². The lowest BCUT2D eigenvalue weighted by atomic mass is 9.81. The van der Waals surface area contributed by atoms with Crippen molar-refractivity contribution in [3.63, 3.8) is 0 Å². The molecule has 2 aromatic heterocycles. The number of aliphatic hydroxyl groups is 1. The van der Waals surface area contributed by atoms with E-state index >= 15 is 4.39 Å². The lowest BCUT2D eigenvalue weighted by Gasteiger charge is -2.44. The molecular weight excluding hydrogens is 1030 g/mol. The van der Waals surface area contributed by atoms with Gasteiger partial charge < -0.3 is 73.4 Å². The summed E-state index contributed by atoms with van der Waals surface area (Å²) in [6.45, 7) is 7.47. The minimum Gasteiger partial charge on any atom is -0.463 e. The predicted molar refractivity (Wildman–Crippen MR) is 266 cm³/mol. The molecule has 0 saturated carbocycles. The highest BCUT2D eigenvalue weighted by Gasteiger charge is 2.54. The SMILES string of the molecule is CC[C@@]1(O)C(=O)OCc2c1cc1n(c2=O)Cc2c-1nc1cc(F)c(C)c3c1c2[C@@H](NC(=O)OCc1ccc(O[C@@H]2O[C@H](COC(C)=O)[C@@H](OC(C)=O)[C@H](OC(C)=O)[C@H]2OC(C)=O)c(C(=O)NCCOCCOCCN)c1)CC3. The minimum absolute atomic E-state index is 0.00277. The predicted octanol–water partition coefficient (Wildman–Crippen LogP) is 2.62. The molecule has 0 radical (unpaired) electrons. The van der Waals surface area contributed by atoms with Crippen molar-refractivity contribution in [1.29, 1.82) is 0 Å². The van der Waals surface area contributed by atoms with E-state index in [2.05, 4.69) is 10.6 Å². The van der Waals surface area contributed by atoms with Crippen molar-refractivity contribution in [2.45, 2.75) is 123 Å². The first-order valence-corrected chi connectivity index (χ1v) is 25.2. The highest BCUT2D eigenvalue weighted by atomic mass is 19.1. The Bertz CT molecular complexity index is 3110. The van der Waals surface area contributed by atoms with Crippen LogP contribution in [0.5, 0.6) is 5.75 Å². The molecule has 1 saturated heterocycles. The number of pyridine rings is 2. The summed E-state index contributed by atoms with van der Waals surface area (Å²) in [7, 11) is 0. The number of rotatable bonds is 20. The van der Waals surface area contributed by atoms with E-state index in [1.807, 2.05) is 0 Å². The number of nitrogens with one attached hydrogen (secondary N) is 2. The number of cyclic esters (lactones) is 1. The number of carbonyl (C=O) groups is 7. The lowest BCUT2D eigenvalue weighted by molar-refractivity contribution is -0.288. The van der Waals surface area contributed by atoms with Crippen LogP contribution in [0.4, 0.5) is 9.18 Å². The summed E-state index contributed by atoms with van der Waals surface area (Å²) >= 11 is 0. The highest BCUT2D eigenvalue weighted by molar-refractivity contribution is 5.97. The van der Waals surface area contributed by atoms with Gasteiger partial charge in [-0.25, -0.2) is 19.0 Å². The molecule has 0 unspecified atom stereocenters. The van der Waals surface area contributed by atoms with Crippen molar-refractivity contribution in [1.82, 2.24) is 20.2 Å². The second kappa shape index (κ2) is 24.0. The van der Waals surface area contributed by atoms with Crippen LogP contribution in [-0.4, -0.2) is 133 Å². The number of nitrogens with zero attached hydrogens (tertiary/aromatic N) is 2. The molecule has 24 nitrogen and oxygen atoms in total. The van der Waals surface area contributed by atoms with Gasteiger partial charge in [0.2, 0.25) is 12.4 Å². The number of benzene rings is 2.